The zero-order chi connectivity index (χ0) is 25.7. The zero-order valence-electron chi connectivity index (χ0n) is 19.9. The van der Waals surface area contributed by atoms with E-state index >= 15 is 0 Å². The normalized spacial score (nSPS) is 15.2. The van der Waals surface area contributed by atoms with E-state index in [1.807, 2.05) is 53.4 Å². The van der Waals surface area contributed by atoms with Crippen molar-refractivity contribution in [3.05, 3.63) is 83.4 Å². The first-order chi connectivity index (χ1) is 17.4. The van der Waals surface area contributed by atoms with Crippen molar-refractivity contribution < 1.29 is 19.1 Å². The molecule has 1 heterocycles. The number of methoxy groups -OCH3 is 2. The number of rotatable bonds is 9. The van der Waals surface area contributed by atoms with Crippen LogP contribution in [-0.4, -0.2) is 48.6 Å². The fraction of sp³-hybridized carbons (Fsp3) is 0.222. The molecule has 7 nitrogen and oxygen atoms in total. The molecule has 1 aliphatic heterocycles. The van der Waals surface area contributed by atoms with Gasteiger partial charge in [-0.3, -0.25) is 14.5 Å². The summed E-state index contributed by atoms with van der Waals surface area (Å²) in [6, 6.07) is 21.0. The summed E-state index contributed by atoms with van der Waals surface area (Å²) in [4.78, 5) is 29.8. The van der Waals surface area contributed by atoms with Gasteiger partial charge in [-0.05, 0) is 72.7 Å². The van der Waals surface area contributed by atoms with Crippen LogP contribution in [0.25, 0.3) is 0 Å². The SMILES string of the molecule is COc1ccc(CCN2C(=S)N(c3ccccc3)C(=O)[C@H]2CC(=O)Nc2ccc(Cl)cc2)cc1OC. The van der Waals surface area contributed by atoms with E-state index in [4.69, 9.17) is 33.3 Å². The van der Waals surface area contributed by atoms with Gasteiger partial charge in [-0.1, -0.05) is 35.9 Å². The number of amides is 2. The van der Waals surface area contributed by atoms with Crippen LogP contribution in [0.15, 0.2) is 72.8 Å². The molecule has 0 saturated carbocycles. The molecule has 0 radical (unpaired) electrons. The minimum Gasteiger partial charge on any atom is -0.493 e. The van der Waals surface area contributed by atoms with Crippen LogP contribution in [0.3, 0.4) is 0 Å². The standard InChI is InChI=1S/C27H26ClN3O4S/c1-34-23-13-8-18(16-24(23)35-2)14-15-30-22(17-25(32)29-20-11-9-19(28)10-12-20)26(33)31(27(30)36)21-6-4-3-5-7-21/h3-13,16,22H,14-15,17H2,1-2H3,(H,29,32)/t22-/m1/s1. The molecule has 4 rings (SSSR count). The molecule has 0 spiro atoms. The quantitative estimate of drug-likeness (QED) is 0.401. The van der Waals surface area contributed by atoms with Crippen LogP contribution in [0.2, 0.25) is 5.02 Å². The lowest BCUT2D eigenvalue weighted by Crippen LogP contribution is -2.39. The molecule has 0 aliphatic carbocycles. The van der Waals surface area contributed by atoms with Gasteiger partial charge in [-0.2, -0.15) is 0 Å². The molecule has 3 aromatic carbocycles. The molecule has 2 amide bonds. The Hall–Kier alpha value is -3.62. The van der Waals surface area contributed by atoms with E-state index < -0.39 is 6.04 Å². The van der Waals surface area contributed by atoms with Crippen LogP contribution in [0.4, 0.5) is 11.4 Å². The Morgan fingerprint density at radius 2 is 1.69 bits per heavy atom. The predicted octanol–water partition coefficient (Wildman–Crippen LogP) is 4.93. The number of hydrogen-bond donors (Lipinski definition) is 1. The van der Waals surface area contributed by atoms with Gasteiger partial charge in [0, 0.05) is 17.3 Å². The van der Waals surface area contributed by atoms with Crippen molar-refractivity contribution in [2.75, 3.05) is 31.0 Å². The number of nitrogens with one attached hydrogen (secondary N) is 1. The first-order valence-corrected chi connectivity index (χ1v) is 12.2. The van der Waals surface area contributed by atoms with Crippen molar-refractivity contribution in [1.29, 1.82) is 0 Å². The number of anilines is 2. The van der Waals surface area contributed by atoms with Gasteiger partial charge in [-0.25, -0.2) is 0 Å². The first kappa shape index (κ1) is 25.5. The molecular formula is C27H26ClN3O4S. The number of halogens is 1. The maximum absolute atomic E-state index is 13.5. The van der Waals surface area contributed by atoms with E-state index in [0.29, 0.717) is 46.0 Å². The molecule has 0 bridgehead atoms. The largest absolute Gasteiger partial charge is 0.493 e. The van der Waals surface area contributed by atoms with Crippen molar-refractivity contribution in [3.8, 4) is 11.5 Å². The van der Waals surface area contributed by atoms with Gasteiger partial charge in [0.1, 0.15) is 6.04 Å². The summed E-state index contributed by atoms with van der Waals surface area (Å²) in [5.74, 6) is 0.745. The lowest BCUT2D eigenvalue weighted by molar-refractivity contribution is -0.124. The van der Waals surface area contributed by atoms with Crippen molar-refractivity contribution >= 4 is 52.1 Å². The first-order valence-electron chi connectivity index (χ1n) is 11.4. The van der Waals surface area contributed by atoms with Crippen molar-refractivity contribution in [3.63, 3.8) is 0 Å². The molecule has 36 heavy (non-hydrogen) atoms. The lowest BCUT2D eigenvalue weighted by atomic mass is 10.1. The third-order valence-corrected chi connectivity index (χ3v) is 6.60. The molecule has 1 atom stereocenters. The van der Waals surface area contributed by atoms with Gasteiger partial charge in [0.25, 0.3) is 5.91 Å². The third-order valence-electron chi connectivity index (χ3n) is 5.93. The number of carbonyl (C=O) groups excluding carboxylic acids is 2. The summed E-state index contributed by atoms with van der Waals surface area (Å²) in [6.45, 7) is 0.447. The van der Waals surface area contributed by atoms with E-state index in [2.05, 4.69) is 5.32 Å². The summed E-state index contributed by atoms with van der Waals surface area (Å²) in [7, 11) is 3.17. The highest BCUT2D eigenvalue weighted by Crippen LogP contribution is 2.30. The monoisotopic (exact) mass is 523 g/mol. The van der Waals surface area contributed by atoms with Gasteiger partial charge in [0.15, 0.2) is 16.6 Å². The third kappa shape index (κ3) is 5.61. The van der Waals surface area contributed by atoms with Crippen LogP contribution in [0.5, 0.6) is 11.5 Å². The number of thiocarbonyl (C=S) groups is 1. The summed E-state index contributed by atoms with van der Waals surface area (Å²) < 4.78 is 10.7. The summed E-state index contributed by atoms with van der Waals surface area (Å²) in [5, 5.41) is 3.78. The van der Waals surface area contributed by atoms with E-state index in [0.717, 1.165) is 5.56 Å². The van der Waals surface area contributed by atoms with Gasteiger partial charge >= 0.3 is 0 Å². The van der Waals surface area contributed by atoms with Gasteiger partial charge < -0.3 is 19.7 Å². The van der Waals surface area contributed by atoms with Crippen molar-refractivity contribution in [2.45, 2.75) is 18.9 Å². The predicted molar refractivity (Wildman–Crippen MR) is 145 cm³/mol. The highest BCUT2D eigenvalue weighted by Gasteiger charge is 2.43. The van der Waals surface area contributed by atoms with Crippen molar-refractivity contribution in [2.24, 2.45) is 0 Å². The molecule has 1 saturated heterocycles. The van der Waals surface area contributed by atoms with E-state index in [-0.39, 0.29) is 18.2 Å². The number of ether oxygens (including phenoxy) is 2. The number of hydrogen-bond acceptors (Lipinski definition) is 5. The Labute approximate surface area is 220 Å². The van der Waals surface area contributed by atoms with Crippen molar-refractivity contribution in [1.82, 2.24) is 4.90 Å². The maximum Gasteiger partial charge on any atom is 0.256 e. The second-order valence-corrected chi connectivity index (χ2v) is 9.00. The molecular weight excluding hydrogens is 498 g/mol. The fourth-order valence-electron chi connectivity index (χ4n) is 4.11. The van der Waals surface area contributed by atoms with E-state index in [1.165, 1.54) is 4.90 Å². The highest BCUT2D eigenvalue weighted by molar-refractivity contribution is 7.80. The molecule has 0 aromatic heterocycles. The second kappa shape index (κ2) is 11.4. The number of benzene rings is 3. The van der Waals surface area contributed by atoms with Crippen LogP contribution < -0.4 is 19.7 Å². The Balaban J connectivity index is 1.55. The van der Waals surface area contributed by atoms with Crippen LogP contribution in [0, 0.1) is 0 Å². The smallest absolute Gasteiger partial charge is 0.256 e. The van der Waals surface area contributed by atoms with Crippen LogP contribution in [-0.2, 0) is 16.0 Å². The van der Waals surface area contributed by atoms with Gasteiger partial charge in [-0.15, -0.1) is 0 Å². The minimum atomic E-state index is -0.731. The Morgan fingerprint density at radius 3 is 2.36 bits per heavy atom. The Bertz CT molecular complexity index is 1250. The maximum atomic E-state index is 13.5. The topological polar surface area (TPSA) is 71.1 Å². The van der Waals surface area contributed by atoms with Gasteiger partial charge in [0.2, 0.25) is 5.91 Å². The molecule has 9 heteroatoms. The number of nitrogens with zero attached hydrogens (tertiary/aromatic N) is 2. The molecule has 0 unspecified atom stereocenters. The Morgan fingerprint density at radius 1 is 1.00 bits per heavy atom. The number of para-hydroxylation sites is 1. The number of carbonyl (C=O) groups is 2. The van der Waals surface area contributed by atoms with Crippen LogP contribution in [0.1, 0.15) is 12.0 Å². The average Bonchev–Trinajstić information content (AvgIpc) is 3.12. The lowest BCUT2D eigenvalue weighted by Gasteiger charge is -2.24. The van der Waals surface area contributed by atoms with E-state index in [9.17, 15) is 9.59 Å². The second-order valence-electron chi connectivity index (χ2n) is 8.20. The minimum absolute atomic E-state index is 0.0448. The van der Waals surface area contributed by atoms with Gasteiger partial charge in [0.05, 0.1) is 26.3 Å². The molecule has 186 valence electrons. The van der Waals surface area contributed by atoms with Crippen LogP contribution >= 0.6 is 23.8 Å². The molecule has 1 aliphatic rings. The molecule has 3 aromatic rings. The van der Waals surface area contributed by atoms with E-state index in [1.54, 1.807) is 38.5 Å². The highest BCUT2D eigenvalue weighted by atomic mass is 35.5. The molecule has 1 N–H and O–H groups in total. The average molecular weight is 524 g/mol. The molecule has 1 fully saturated rings. The zero-order valence-corrected chi connectivity index (χ0v) is 21.5. The fourth-order valence-corrected chi connectivity index (χ4v) is 4.65. The Kier molecular flexibility index (Phi) is 8.07. The summed E-state index contributed by atoms with van der Waals surface area (Å²) in [6.07, 6.45) is 0.544. The summed E-state index contributed by atoms with van der Waals surface area (Å²) >= 11 is 11.7. The summed E-state index contributed by atoms with van der Waals surface area (Å²) in [5.41, 5.74) is 2.27.